The maximum absolute atomic E-state index is 11.0. The van der Waals surface area contributed by atoms with Crippen LogP contribution in [0, 0.1) is 0 Å². The van der Waals surface area contributed by atoms with Crippen LogP contribution in [0.1, 0.15) is 168 Å². The maximum atomic E-state index is 11.0. The van der Waals surface area contributed by atoms with Crippen molar-refractivity contribution >= 4 is 34.5 Å². The number of aliphatic hydroxyl groups is 2. The zero-order chi connectivity index (χ0) is 30.0. The first-order chi connectivity index (χ1) is 20.0. The van der Waals surface area contributed by atoms with Gasteiger partial charge < -0.3 is 24.4 Å². The van der Waals surface area contributed by atoms with Gasteiger partial charge in [-0.1, -0.05) is 142 Å². The summed E-state index contributed by atoms with van der Waals surface area (Å²) in [4.78, 5) is 0. The molecule has 0 aromatic rings. The molecule has 7 heteroatoms. The molecule has 1 fully saturated rings. The first-order valence-electron chi connectivity index (χ1n) is 17.3. The van der Waals surface area contributed by atoms with Gasteiger partial charge in [-0.2, -0.15) is 0 Å². The number of ether oxygens (including phenoxy) is 3. The van der Waals surface area contributed by atoms with E-state index in [0.717, 1.165) is 25.7 Å². The molecule has 5 nitrogen and oxygen atoms in total. The zero-order valence-corrected chi connectivity index (χ0v) is 28.3. The van der Waals surface area contributed by atoms with Crippen molar-refractivity contribution in [1.29, 1.82) is 0 Å². The second-order valence-electron chi connectivity index (χ2n) is 12.1. The van der Waals surface area contributed by atoms with Gasteiger partial charge >= 0.3 is 0 Å². The van der Waals surface area contributed by atoms with Crippen LogP contribution in [-0.2, 0) is 14.2 Å². The second kappa shape index (κ2) is 27.2. The lowest BCUT2D eigenvalue weighted by Crippen LogP contribution is -2.56. The van der Waals surface area contributed by atoms with Crippen LogP contribution in [0.2, 0.25) is 0 Å². The van der Waals surface area contributed by atoms with Crippen LogP contribution in [-0.4, -0.2) is 57.9 Å². The van der Waals surface area contributed by atoms with Crippen molar-refractivity contribution < 1.29 is 24.4 Å². The molecule has 2 N–H and O–H groups in total. The minimum absolute atomic E-state index is 0.177. The second-order valence-corrected chi connectivity index (χ2v) is 13.0. The minimum atomic E-state index is -0.952. The monoisotopic (exact) mass is 616 g/mol. The number of thiocarbonyl (C=S) groups is 2. The van der Waals surface area contributed by atoms with Gasteiger partial charge in [0.15, 0.2) is 22.3 Å². The van der Waals surface area contributed by atoms with Crippen molar-refractivity contribution in [2.45, 2.75) is 192 Å². The first kappa shape index (κ1) is 38.7. The highest BCUT2D eigenvalue weighted by atomic mass is 32.1. The summed E-state index contributed by atoms with van der Waals surface area (Å²) in [7, 11) is 0. The van der Waals surface area contributed by atoms with E-state index in [1.807, 2.05) is 0 Å². The lowest BCUT2D eigenvalue weighted by Gasteiger charge is -2.39. The molecule has 1 aliphatic rings. The maximum Gasteiger partial charge on any atom is 0.160 e. The molecular formula is C34H64O5S2. The number of rotatable bonds is 27. The van der Waals surface area contributed by atoms with E-state index in [4.69, 9.17) is 38.6 Å². The average molecular weight is 617 g/mol. The summed E-state index contributed by atoms with van der Waals surface area (Å²) in [5.74, 6) is 0. The van der Waals surface area contributed by atoms with Gasteiger partial charge in [0.05, 0.1) is 13.2 Å². The summed E-state index contributed by atoms with van der Waals surface area (Å²) in [5.41, 5.74) is 0. The molecule has 1 heterocycles. The van der Waals surface area contributed by atoms with Gasteiger partial charge in [-0.15, -0.1) is 0 Å². The van der Waals surface area contributed by atoms with Gasteiger partial charge in [-0.25, -0.2) is 0 Å². The molecule has 1 rings (SSSR count). The molecule has 1 saturated heterocycles. The van der Waals surface area contributed by atoms with E-state index in [0.29, 0.717) is 22.9 Å². The van der Waals surface area contributed by atoms with Crippen molar-refractivity contribution in [1.82, 2.24) is 0 Å². The van der Waals surface area contributed by atoms with Gasteiger partial charge in [0.2, 0.25) is 0 Å². The molecule has 41 heavy (non-hydrogen) atoms. The molecule has 0 saturated carbocycles. The van der Waals surface area contributed by atoms with E-state index in [1.54, 1.807) is 0 Å². The van der Waals surface area contributed by atoms with Crippen LogP contribution in [0.5, 0.6) is 0 Å². The highest BCUT2D eigenvalue weighted by Crippen LogP contribution is 2.23. The predicted octanol–water partition coefficient (Wildman–Crippen LogP) is 9.57. The Kier molecular flexibility index (Phi) is 25.7. The third kappa shape index (κ3) is 20.3. The topological polar surface area (TPSA) is 68.2 Å². The summed E-state index contributed by atoms with van der Waals surface area (Å²) in [6, 6.07) is 0. The summed E-state index contributed by atoms with van der Waals surface area (Å²) in [6.45, 7) is 4.46. The van der Waals surface area contributed by atoms with Crippen molar-refractivity contribution in [2.24, 2.45) is 0 Å². The highest BCUT2D eigenvalue weighted by molar-refractivity contribution is 7.80. The fraction of sp³-hybridized carbons (Fsp3) is 0.941. The van der Waals surface area contributed by atoms with Crippen molar-refractivity contribution in [3.63, 3.8) is 0 Å². The Labute approximate surface area is 263 Å². The van der Waals surface area contributed by atoms with E-state index >= 15 is 0 Å². The van der Waals surface area contributed by atoms with Crippen LogP contribution in [0.25, 0.3) is 0 Å². The molecule has 0 radical (unpaired) electrons. The van der Waals surface area contributed by atoms with Crippen LogP contribution < -0.4 is 0 Å². The van der Waals surface area contributed by atoms with Crippen molar-refractivity contribution in [3.8, 4) is 0 Å². The minimum Gasteiger partial charge on any atom is -0.479 e. The Morgan fingerprint density at radius 1 is 0.610 bits per heavy atom. The molecule has 0 aliphatic carbocycles. The number of aliphatic hydroxyl groups excluding tert-OH is 2. The normalized spacial score (nSPS) is 20.7. The molecule has 0 aromatic heterocycles. The molecule has 4 atom stereocenters. The molecule has 0 bridgehead atoms. The number of hydrogen-bond donors (Lipinski definition) is 2. The Balaban J connectivity index is 2.18. The molecule has 0 unspecified atom stereocenters. The molecule has 0 amide bonds. The van der Waals surface area contributed by atoms with Crippen LogP contribution in [0.3, 0.4) is 0 Å². The van der Waals surface area contributed by atoms with Crippen LogP contribution in [0.4, 0.5) is 0 Å². The third-order valence-electron chi connectivity index (χ3n) is 8.26. The van der Waals surface area contributed by atoms with Gasteiger partial charge in [0.25, 0.3) is 0 Å². The lowest BCUT2D eigenvalue weighted by molar-refractivity contribution is -0.186. The lowest BCUT2D eigenvalue weighted by atomic mass is 10.00. The quantitative estimate of drug-likeness (QED) is 0.0703. The highest BCUT2D eigenvalue weighted by Gasteiger charge is 2.42. The van der Waals surface area contributed by atoms with E-state index in [2.05, 4.69) is 13.8 Å². The standard InChI is InChI=1S/C34H64O5S2/c1-3-5-7-9-11-13-15-17-19-21-23-25-31(40)38-30-28-37-29(27-35)34(33(30)36)39-32(41)26-24-22-20-18-16-14-12-10-8-6-4-2/h29-30,33-36H,3-28H2,1-2H3/t29-,30+,33-,34-/m1/s1. The number of hydrogen-bond acceptors (Lipinski definition) is 7. The molecule has 242 valence electrons. The smallest absolute Gasteiger partial charge is 0.160 e. The molecule has 0 spiro atoms. The van der Waals surface area contributed by atoms with Crippen molar-refractivity contribution in [2.75, 3.05) is 13.2 Å². The van der Waals surface area contributed by atoms with E-state index in [1.165, 1.54) is 116 Å². The van der Waals surface area contributed by atoms with Crippen LogP contribution in [0.15, 0.2) is 0 Å². The largest absolute Gasteiger partial charge is 0.479 e. The summed E-state index contributed by atoms with van der Waals surface area (Å²) < 4.78 is 17.6. The molecule has 0 aromatic carbocycles. The zero-order valence-electron chi connectivity index (χ0n) is 26.6. The first-order valence-corrected chi connectivity index (χ1v) is 18.1. The van der Waals surface area contributed by atoms with Crippen LogP contribution >= 0.6 is 24.4 Å². The Hall–Kier alpha value is -0.340. The Morgan fingerprint density at radius 2 is 0.976 bits per heavy atom. The fourth-order valence-corrected chi connectivity index (χ4v) is 6.08. The number of unbranched alkanes of at least 4 members (excludes halogenated alkanes) is 20. The molecule has 1 aliphatic heterocycles. The Bertz CT molecular complexity index is 632. The van der Waals surface area contributed by atoms with Gasteiger partial charge in [-0.05, 0) is 37.3 Å². The SMILES string of the molecule is CCCCCCCCCCCCCC(=S)O[C@H]1[C@H](O)[C@@H](OC(=S)CCCCCCCCCCCCC)CO[C@@H]1CO. The summed E-state index contributed by atoms with van der Waals surface area (Å²) in [5, 5.41) is 21.7. The van der Waals surface area contributed by atoms with E-state index in [9.17, 15) is 10.2 Å². The third-order valence-corrected chi connectivity index (χ3v) is 8.86. The van der Waals surface area contributed by atoms with E-state index in [-0.39, 0.29) is 13.2 Å². The van der Waals surface area contributed by atoms with E-state index < -0.39 is 24.4 Å². The predicted molar refractivity (Wildman–Crippen MR) is 180 cm³/mol. The average Bonchev–Trinajstić information content (AvgIpc) is 2.96. The summed E-state index contributed by atoms with van der Waals surface area (Å²) in [6.07, 6.45) is 26.7. The molecular weight excluding hydrogens is 553 g/mol. The summed E-state index contributed by atoms with van der Waals surface area (Å²) >= 11 is 10.9. The van der Waals surface area contributed by atoms with Crippen molar-refractivity contribution in [3.05, 3.63) is 0 Å². The fourth-order valence-electron chi connectivity index (χ4n) is 5.55. The Morgan fingerprint density at radius 3 is 1.37 bits per heavy atom. The van der Waals surface area contributed by atoms with Gasteiger partial charge in [0.1, 0.15) is 12.2 Å². The van der Waals surface area contributed by atoms with Gasteiger partial charge in [0, 0.05) is 12.8 Å². The van der Waals surface area contributed by atoms with Gasteiger partial charge in [-0.3, -0.25) is 0 Å².